The molecule has 2 heterocycles. The number of nitrogen functional groups attached to an aromatic ring is 2. The highest BCUT2D eigenvalue weighted by Gasteiger charge is 2.22. The van der Waals surface area contributed by atoms with E-state index in [0.717, 1.165) is 0 Å². The third-order valence-corrected chi connectivity index (χ3v) is 5.68. The number of carboxylic acid groups (broad SMARTS) is 2. The van der Waals surface area contributed by atoms with Gasteiger partial charge >= 0.3 is 11.9 Å². The third-order valence-electron chi connectivity index (χ3n) is 5.68. The first kappa shape index (κ1) is 24.0. The van der Waals surface area contributed by atoms with Crippen LogP contribution in [-0.4, -0.2) is 47.3 Å². The van der Waals surface area contributed by atoms with Crippen LogP contribution in [0.5, 0.6) is 0 Å². The molecule has 186 valence electrons. The second-order valence-electron chi connectivity index (χ2n) is 8.21. The first-order chi connectivity index (χ1) is 18.3. The summed E-state index contributed by atoms with van der Waals surface area (Å²) in [6.45, 7) is 0. The molecule has 0 spiro atoms. The smallest absolute Gasteiger partial charge is 0.335 e. The molecule has 0 aliphatic rings. The van der Waals surface area contributed by atoms with Crippen LogP contribution in [0.1, 0.15) is 20.7 Å². The molecular weight excluding hydrogens is 486 g/mol. The molecule has 5 aromatic rings. The van der Waals surface area contributed by atoms with Crippen molar-refractivity contribution in [3.63, 3.8) is 0 Å². The largest absolute Gasteiger partial charge is 0.478 e. The Kier molecular flexibility index (Phi) is 6.15. The predicted molar refractivity (Wildman–Crippen MR) is 140 cm³/mol. The number of hydrogen-bond donors (Lipinski definition) is 4. The molecule has 0 bridgehead atoms. The van der Waals surface area contributed by atoms with Crippen LogP contribution in [0.15, 0.2) is 79.0 Å². The fourth-order valence-corrected chi connectivity index (χ4v) is 3.77. The summed E-state index contributed by atoms with van der Waals surface area (Å²) in [6.07, 6.45) is 1.34. The van der Waals surface area contributed by atoms with Crippen molar-refractivity contribution in [3.05, 3.63) is 90.1 Å². The highest BCUT2D eigenvalue weighted by atomic mass is 16.4. The van der Waals surface area contributed by atoms with Crippen molar-refractivity contribution < 1.29 is 19.8 Å². The van der Waals surface area contributed by atoms with Crippen LogP contribution in [0.3, 0.4) is 0 Å². The zero-order valence-electron chi connectivity index (χ0n) is 19.6. The number of hydrogen-bond acceptors (Lipinski definition) is 9. The van der Waals surface area contributed by atoms with Gasteiger partial charge in [-0.1, -0.05) is 36.4 Å². The summed E-state index contributed by atoms with van der Waals surface area (Å²) >= 11 is 0. The standard InChI is InChI=1S/C27H19N7O4/c28-19-11-9-16(10-12-19)21-22(14-1-5-17(6-2-14)26(35)36)32-24(25-30-13-20(29)33-34-25)23(31-21)15-3-7-18(8-4-15)27(37)38/h1-13H,28H2,(H2,29,33)(H,35,36)(H,37,38). The molecule has 0 radical (unpaired) electrons. The quantitative estimate of drug-likeness (QED) is 0.245. The summed E-state index contributed by atoms with van der Waals surface area (Å²) in [7, 11) is 0. The Balaban J connectivity index is 1.80. The molecule has 0 amide bonds. The lowest BCUT2D eigenvalue weighted by Gasteiger charge is -2.15. The van der Waals surface area contributed by atoms with Gasteiger partial charge in [-0.3, -0.25) is 0 Å². The summed E-state index contributed by atoms with van der Waals surface area (Å²) in [6, 6.07) is 19.5. The van der Waals surface area contributed by atoms with Crippen molar-refractivity contribution in [1.82, 2.24) is 25.1 Å². The maximum Gasteiger partial charge on any atom is 0.335 e. The van der Waals surface area contributed by atoms with Crippen molar-refractivity contribution in [3.8, 4) is 45.3 Å². The van der Waals surface area contributed by atoms with E-state index in [1.165, 1.54) is 30.5 Å². The normalized spacial score (nSPS) is 10.7. The minimum absolute atomic E-state index is 0.113. The summed E-state index contributed by atoms with van der Waals surface area (Å²) in [5, 5.41) is 26.6. The molecule has 0 fully saturated rings. The minimum Gasteiger partial charge on any atom is -0.478 e. The van der Waals surface area contributed by atoms with E-state index in [1.807, 2.05) is 0 Å². The molecular formula is C27H19N7O4. The van der Waals surface area contributed by atoms with E-state index in [9.17, 15) is 19.8 Å². The van der Waals surface area contributed by atoms with Gasteiger partial charge in [-0.25, -0.2) is 24.5 Å². The van der Waals surface area contributed by atoms with Gasteiger partial charge in [0.2, 0.25) is 5.82 Å². The topological polar surface area (TPSA) is 191 Å². The number of rotatable bonds is 6. The van der Waals surface area contributed by atoms with Crippen LogP contribution in [0, 0.1) is 0 Å². The minimum atomic E-state index is -1.06. The van der Waals surface area contributed by atoms with Crippen molar-refractivity contribution in [1.29, 1.82) is 0 Å². The molecule has 3 aromatic carbocycles. The lowest BCUT2D eigenvalue weighted by molar-refractivity contribution is 0.0686. The molecule has 0 aliphatic heterocycles. The summed E-state index contributed by atoms with van der Waals surface area (Å²) in [4.78, 5) is 36.9. The van der Waals surface area contributed by atoms with Crippen LogP contribution in [0.2, 0.25) is 0 Å². The molecule has 5 rings (SSSR count). The van der Waals surface area contributed by atoms with Gasteiger partial charge in [-0.05, 0) is 36.4 Å². The molecule has 0 atom stereocenters. The van der Waals surface area contributed by atoms with Crippen molar-refractivity contribution >= 4 is 23.4 Å². The first-order valence-corrected chi connectivity index (χ1v) is 11.2. The molecule has 11 nitrogen and oxygen atoms in total. The Morgan fingerprint density at radius 1 is 0.579 bits per heavy atom. The van der Waals surface area contributed by atoms with Gasteiger partial charge in [0, 0.05) is 22.4 Å². The Morgan fingerprint density at radius 2 is 1.00 bits per heavy atom. The monoisotopic (exact) mass is 505 g/mol. The fourth-order valence-electron chi connectivity index (χ4n) is 3.77. The number of carbonyl (C=O) groups is 2. The van der Waals surface area contributed by atoms with Gasteiger partial charge in [0.25, 0.3) is 0 Å². The molecule has 0 saturated carbocycles. The number of nitrogens with zero attached hydrogens (tertiary/aromatic N) is 5. The number of benzene rings is 3. The van der Waals surface area contributed by atoms with E-state index >= 15 is 0 Å². The van der Waals surface area contributed by atoms with Crippen molar-refractivity contribution in [2.24, 2.45) is 0 Å². The van der Waals surface area contributed by atoms with E-state index in [-0.39, 0.29) is 28.5 Å². The van der Waals surface area contributed by atoms with E-state index < -0.39 is 11.9 Å². The molecule has 38 heavy (non-hydrogen) atoms. The van der Waals surface area contributed by atoms with Crippen molar-refractivity contribution in [2.45, 2.75) is 0 Å². The number of anilines is 2. The number of aromatic carboxylic acids is 2. The summed E-state index contributed by atoms with van der Waals surface area (Å²) in [5.41, 5.74) is 15.8. The van der Waals surface area contributed by atoms with E-state index in [0.29, 0.717) is 39.5 Å². The molecule has 0 aliphatic carbocycles. The first-order valence-electron chi connectivity index (χ1n) is 11.2. The lowest BCUT2D eigenvalue weighted by atomic mass is 10.00. The Labute approximate surface area is 215 Å². The molecule has 11 heteroatoms. The average molecular weight is 505 g/mol. The van der Waals surface area contributed by atoms with E-state index in [2.05, 4.69) is 15.2 Å². The molecule has 6 N–H and O–H groups in total. The van der Waals surface area contributed by atoms with Gasteiger partial charge in [-0.15, -0.1) is 10.2 Å². The zero-order chi connectivity index (χ0) is 26.8. The molecule has 0 unspecified atom stereocenters. The highest BCUT2D eigenvalue weighted by Crippen LogP contribution is 2.36. The Bertz CT molecular complexity index is 1530. The number of nitrogens with two attached hydrogens (primary N) is 2. The Morgan fingerprint density at radius 3 is 1.42 bits per heavy atom. The summed E-state index contributed by atoms with van der Waals surface area (Å²) < 4.78 is 0. The SMILES string of the molecule is Nc1ccc(-c2nc(-c3ccc(C(=O)O)cc3)c(-c3ncc(N)nn3)nc2-c2ccc(C(=O)O)cc2)cc1. The van der Waals surface area contributed by atoms with E-state index in [4.69, 9.17) is 21.4 Å². The maximum absolute atomic E-state index is 11.4. The third kappa shape index (κ3) is 4.71. The fraction of sp³-hybridized carbons (Fsp3) is 0. The molecule has 0 saturated heterocycles. The van der Waals surface area contributed by atoms with Gasteiger partial charge in [0.15, 0.2) is 5.82 Å². The average Bonchev–Trinajstić information content (AvgIpc) is 2.93. The lowest BCUT2D eigenvalue weighted by Crippen LogP contribution is -2.05. The van der Waals surface area contributed by atoms with Crippen LogP contribution in [0.25, 0.3) is 45.3 Å². The summed E-state index contributed by atoms with van der Waals surface area (Å²) in [5.74, 6) is -1.84. The number of carboxylic acids is 2. The van der Waals surface area contributed by atoms with E-state index in [1.54, 1.807) is 48.5 Å². The van der Waals surface area contributed by atoms with Gasteiger partial charge in [0.05, 0.1) is 28.7 Å². The van der Waals surface area contributed by atoms with Gasteiger partial charge in [0.1, 0.15) is 11.4 Å². The maximum atomic E-state index is 11.4. The second-order valence-corrected chi connectivity index (χ2v) is 8.21. The zero-order valence-corrected chi connectivity index (χ0v) is 19.6. The Hall–Kier alpha value is -5.71. The van der Waals surface area contributed by atoms with Gasteiger partial charge < -0.3 is 21.7 Å². The second kappa shape index (κ2) is 9.74. The van der Waals surface area contributed by atoms with Crippen LogP contribution in [-0.2, 0) is 0 Å². The predicted octanol–water partition coefficient (Wildman–Crippen LogP) is 3.89. The highest BCUT2D eigenvalue weighted by molar-refractivity contribution is 5.91. The van der Waals surface area contributed by atoms with Crippen LogP contribution >= 0.6 is 0 Å². The molecule has 2 aromatic heterocycles. The van der Waals surface area contributed by atoms with Crippen molar-refractivity contribution in [2.75, 3.05) is 11.5 Å². The number of aromatic nitrogens is 5. The van der Waals surface area contributed by atoms with Crippen LogP contribution < -0.4 is 11.5 Å². The van der Waals surface area contributed by atoms with Gasteiger partial charge in [-0.2, -0.15) is 0 Å². The van der Waals surface area contributed by atoms with Crippen LogP contribution in [0.4, 0.5) is 11.5 Å².